The Bertz CT molecular complexity index is 1150. The summed E-state index contributed by atoms with van der Waals surface area (Å²) in [7, 11) is 0. The molecule has 3 aromatic rings. The maximum atomic E-state index is 11.8. The van der Waals surface area contributed by atoms with Gasteiger partial charge in [0.2, 0.25) is 5.75 Å². The monoisotopic (exact) mass is 500 g/mol. The first-order chi connectivity index (χ1) is 14.7. The number of nitro groups is 1. The Balaban J connectivity index is 2.04. The lowest BCUT2D eigenvalue weighted by Gasteiger charge is -2.12. The molecule has 0 aliphatic carbocycles. The molecule has 0 saturated heterocycles. The predicted octanol–water partition coefficient (Wildman–Crippen LogP) is 6.47. The molecule has 1 N–H and O–H groups in total. The van der Waals surface area contributed by atoms with E-state index in [0.717, 1.165) is 6.07 Å². The topological polar surface area (TPSA) is 103 Å². The standard InChI is InChI=1S/C20H12Cl4N2O5/c21-13-3-1-4-14(22)10(13)7-17-11(20(27)28)8-18(19(25-17)26(29)30)31-9-12-15(23)5-2-6-16(12)24/h1-6,8H,7,9H2,(H,27,28). The number of pyridine rings is 1. The van der Waals surface area contributed by atoms with E-state index < -0.39 is 16.7 Å². The highest BCUT2D eigenvalue weighted by molar-refractivity contribution is 6.36. The van der Waals surface area contributed by atoms with Crippen LogP contribution in [0, 0.1) is 10.1 Å². The molecule has 2 aromatic carbocycles. The quantitative estimate of drug-likeness (QED) is 0.294. The molecule has 0 unspecified atom stereocenters. The Morgan fingerprint density at radius 3 is 2.00 bits per heavy atom. The summed E-state index contributed by atoms with van der Waals surface area (Å²) >= 11 is 24.5. The fourth-order valence-electron chi connectivity index (χ4n) is 2.77. The van der Waals surface area contributed by atoms with Crippen molar-refractivity contribution in [2.45, 2.75) is 13.0 Å². The molecule has 1 aromatic heterocycles. The van der Waals surface area contributed by atoms with Gasteiger partial charge in [0, 0.05) is 38.1 Å². The summed E-state index contributed by atoms with van der Waals surface area (Å²) in [6.07, 6.45) is -0.127. The van der Waals surface area contributed by atoms with Gasteiger partial charge >= 0.3 is 11.8 Å². The van der Waals surface area contributed by atoms with Gasteiger partial charge in [0.25, 0.3) is 0 Å². The second-order valence-electron chi connectivity index (χ2n) is 6.23. The second-order valence-corrected chi connectivity index (χ2v) is 7.86. The first kappa shape index (κ1) is 23.1. The van der Waals surface area contributed by atoms with Gasteiger partial charge < -0.3 is 20.0 Å². The number of carboxylic acid groups (broad SMARTS) is 1. The molecule has 0 atom stereocenters. The number of aromatic nitrogens is 1. The minimum atomic E-state index is -1.35. The third-order valence-corrected chi connectivity index (χ3v) is 5.71. The van der Waals surface area contributed by atoms with Crippen LogP contribution in [0.3, 0.4) is 0 Å². The molecule has 3 rings (SSSR count). The number of halogens is 4. The highest BCUT2D eigenvalue weighted by atomic mass is 35.5. The van der Waals surface area contributed by atoms with Crippen molar-refractivity contribution >= 4 is 58.2 Å². The molecular formula is C20H12Cl4N2O5. The molecule has 0 spiro atoms. The molecule has 0 amide bonds. The fraction of sp³-hybridized carbons (Fsp3) is 0.100. The van der Waals surface area contributed by atoms with Gasteiger partial charge in [-0.05, 0) is 39.7 Å². The Labute approximate surface area is 196 Å². The molecule has 0 saturated carbocycles. The molecule has 1 heterocycles. The first-order valence-electron chi connectivity index (χ1n) is 8.59. The van der Waals surface area contributed by atoms with Crippen LogP contribution < -0.4 is 4.74 Å². The van der Waals surface area contributed by atoms with Gasteiger partial charge in [-0.25, -0.2) is 4.79 Å². The largest absolute Gasteiger partial charge is 0.481 e. The molecule has 0 fully saturated rings. The van der Waals surface area contributed by atoms with E-state index in [-0.39, 0.29) is 40.1 Å². The van der Waals surface area contributed by atoms with Crippen molar-refractivity contribution in [3.05, 3.63) is 95.1 Å². The van der Waals surface area contributed by atoms with E-state index in [1.54, 1.807) is 36.4 Å². The summed E-state index contributed by atoms with van der Waals surface area (Å²) in [5, 5.41) is 22.4. The van der Waals surface area contributed by atoms with E-state index in [1.165, 1.54) is 0 Å². The number of nitrogens with zero attached hydrogens (tertiary/aromatic N) is 2. The maximum Gasteiger partial charge on any atom is 0.406 e. The number of hydrogen-bond acceptors (Lipinski definition) is 5. The zero-order valence-electron chi connectivity index (χ0n) is 15.4. The number of benzene rings is 2. The van der Waals surface area contributed by atoms with Gasteiger partial charge in [0.05, 0.1) is 0 Å². The first-order valence-corrected chi connectivity index (χ1v) is 10.1. The normalized spacial score (nSPS) is 10.7. The third kappa shape index (κ3) is 5.19. The summed E-state index contributed by atoms with van der Waals surface area (Å²) in [5.41, 5.74) is 0.412. The summed E-state index contributed by atoms with van der Waals surface area (Å²) < 4.78 is 5.50. The van der Waals surface area contributed by atoms with E-state index in [0.29, 0.717) is 21.2 Å². The fourth-order valence-corrected chi connectivity index (χ4v) is 3.81. The summed E-state index contributed by atoms with van der Waals surface area (Å²) in [4.78, 5) is 26.6. The van der Waals surface area contributed by atoms with Gasteiger partial charge in [-0.15, -0.1) is 0 Å². The van der Waals surface area contributed by atoms with Crippen molar-refractivity contribution in [3.8, 4) is 5.75 Å². The molecule has 0 radical (unpaired) electrons. The average Bonchev–Trinajstić information content (AvgIpc) is 2.70. The van der Waals surface area contributed by atoms with Gasteiger partial charge in [-0.3, -0.25) is 0 Å². The lowest BCUT2D eigenvalue weighted by atomic mass is 10.0. The molecular weight excluding hydrogens is 490 g/mol. The highest BCUT2D eigenvalue weighted by Gasteiger charge is 2.28. The van der Waals surface area contributed by atoms with E-state index in [2.05, 4.69) is 4.98 Å². The van der Waals surface area contributed by atoms with Crippen molar-refractivity contribution in [3.63, 3.8) is 0 Å². The molecule has 0 bridgehead atoms. The zero-order valence-corrected chi connectivity index (χ0v) is 18.5. The second kappa shape index (κ2) is 9.70. The highest BCUT2D eigenvalue weighted by Crippen LogP contribution is 2.33. The maximum absolute atomic E-state index is 11.8. The molecule has 0 aliphatic rings. The van der Waals surface area contributed by atoms with Crippen LogP contribution in [0.4, 0.5) is 5.82 Å². The lowest BCUT2D eigenvalue weighted by molar-refractivity contribution is -0.390. The van der Waals surface area contributed by atoms with Crippen molar-refractivity contribution in [1.82, 2.24) is 4.98 Å². The summed E-state index contributed by atoms with van der Waals surface area (Å²) in [5.74, 6) is -2.35. The van der Waals surface area contributed by atoms with E-state index >= 15 is 0 Å². The van der Waals surface area contributed by atoms with Crippen molar-refractivity contribution in [2.75, 3.05) is 0 Å². The average molecular weight is 502 g/mol. The number of carboxylic acids is 1. The molecule has 11 heteroatoms. The van der Waals surface area contributed by atoms with Crippen LogP contribution in [0.1, 0.15) is 27.2 Å². The van der Waals surface area contributed by atoms with Crippen LogP contribution in [-0.2, 0) is 13.0 Å². The number of aromatic carboxylic acids is 1. The number of hydrogen-bond donors (Lipinski definition) is 1. The van der Waals surface area contributed by atoms with Crippen molar-refractivity contribution in [1.29, 1.82) is 0 Å². The van der Waals surface area contributed by atoms with Crippen LogP contribution in [0.5, 0.6) is 5.75 Å². The Hall–Kier alpha value is -2.58. The minimum absolute atomic E-state index is 0.0858. The Morgan fingerprint density at radius 1 is 1.00 bits per heavy atom. The summed E-state index contributed by atoms with van der Waals surface area (Å²) in [6, 6.07) is 10.6. The molecule has 7 nitrogen and oxygen atoms in total. The zero-order chi connectivity index (χ0) is 22.7. The van der Waals surface area contributed by atoms with Crippen LogP contribution in [0.25, 0.3) is 0 Å². The van der Waals surface area contributed by atoms with Gasteiger partial charge in [0.1, 0.15) is 12.2 Å². The third-order valence-electron chi connectivity index (χ3n) is 4.29. The lowest BCUT2D eigenvalue weighted by Crippen LogP contribution is -2.11. The van der Waals surface area contributed by atoms with Crippen molar-refractivity contribution < 1.29 is 19.6 Å². The Kier molecular flexibility index (Phi) is 7.23. The molecule has 0 aliphatic heterocycles. The van der Waals surface area contributed by atoms with E-state index in [9.17, 15) is 20.0 Å². The van der Waals surface area contributed by atoms with Crippen LogP contribution in [0.2, 0.25) is 20.1 Å². The number of rotatable bonds is 7. The predicted molar refractivity (Wildman–Crippen MR) is 118 cm³/mol. The smallest absolute Gasteiger partial charge is 0.406 e. The van der Waals surface area contributed by atoms with Gasteiger partial charge in [-0.2, -0.15) is 0 Å². The van der Waals surface area contributed by atoms with Gasteiger partial charge in [0.15, 0.2) is 5.69 Å². The van der Waals surface area contributed by atoms with Crippen LogP contribution in [-0.4, -0.2) is 21.0 Å². The summed E-state index contributed by atoms with van der Waals surface area (Å²) in [6.45, 7) is -0.226. The van der Waals surface area contributed by atoms with E-state index in [4.69, 9.17) is 51.1 Å². The van der Waals surface area contributed by atoms with Crippen LogP contribution >= 0.6 is 46.4 Å². The van der Waals surface area contributed by atoms with Crippen LogP contribution in [0.15, 0.2) is 42.5 Å². The van der Waals surface area contributed by atoms with E-state index in [1.807, 2.05) is 0 Å². The number of ether oxygens (including phenoxy) is 1. The Morgan fingerprint density at radius 2 is 1.52 bits per heavy atom. The van der Waals surface area contributed by atoms with Gasteiger partial charge in [-0.1, -0.05) is 58.5 Å². The molecule has 160 valence electrons. The minimum Gasteiger partial charge on any atom is -0.481 e. The SMILES string of the molecule is O=C(O)c1cc(OCc2c(Cl)cccc2Cl)c([N+](=O)[O-])nc1Cc1c(Cl)cccc1Cl. The van der Waals surface area contributed by atoms with Crippen molar-refractivity contribution in [2.24, 2.45) is 0 Å². The molecule has 31 heavy (non-hydrogen) atoms. The number of carbonyl (C=O) groups is 1.